The summed E-state index contributed by atoms with van der Waals surface area (Å²) in [6, 6.07) is 9.82. The Morgan fingerprint density at radius 2 is 1.71 bits per heavy atom. The molecule has 0 bridgehead atoms. The Kier molecular flexibility index (Phi) is 16.6. The van der Waals surface area contributed by atoms with Gasteiger partial charge in [0.1, 0.15) is 6.61 Å². The van der Waals surface area contributed by atoms with E-state index >= 15 is 0 Å². The summed E-state index contributed by atoms with van der Waals surface area (Å²) in [4.78, 5) is 37.3. The van der Waals surface area contributed by atoms with Crippen molar-refractivity contribution in [2.75, 3.05) is 39.5 Å². The van der Waals surface area contributed by atoms with Gasteiger partial charge in [-0.3, -0.25) is 14.4 Å². The van der Waals surface area contributed by atoms with Gasteiger partial charge in [-0.1, -0.05) is 42.5 Å². The first-order valence-electron chi connectivity index (χ1n) is 12.2. The molecule has 1 aromatic carbocycles. The molecule has 0 aliphatic heterocycles. The summed E-state index contributed by atoms with van der Waals surface area (Å²) >= 11 is 0. The second kappa shape index (κ2) is 19.3. The number of aliphatic hydroxyl groups excluding tert-OH is 1. The van der Waals surface area contributed by atoms with Crippen LogP contribution in [0.4, 0.5) is 0 Å². The Morgan fingerprint density at radius 3 is 2.40 bits per heavy atom. The van der Waals surface area contributed by atoms with Crippen LogP contribution in [0.1, 0.15) is 37.7 Å². The summed E-state index contributed by atoms with van der Waals surface area (Å²) in [5.41, 5.74) is 1.08. The minimum atomic E-state index is -0.564. The van der Waals surface area contributed by atoms with Gasteiger partial charge in [-0.15, -0.1) is 13.2 Å². The molecule has 1 aromatic rings. The molecular weight excluding hydrogens is 448 g/mol. The first-order valence-corrected chi connectivity index (χ1v) is 12.2. The molecule has 0 radical (unpaired) electrons. The molecular formula is C27H40N2O6. The monoisotopic (exact) mass is 488 g/mol. The third-order valence-corrected chi connectivity index (χ3v) is 5.32. The highest BCUT2D eigenvalue weighted by Crippen LogP contribution is 2.17. The van der Waals surface area contributed by atoms with Gasteiger partial charge >= 0.3 is 5.97 Å². The Morgan fingerprint density at radius 1 is 0.971 bits per heavy atom. The summed E-state index contributed by atoms with van der Waals surface area (Å²) in [7, 11) is 0. The zero-order valence-corrected chi connectivity index (χ0v) is 20.6. The van der Waals surface area contributed by atoms with Crippen molar-refractivity contribution in [3.63, 3.8) is 0 Å². The number of carbonyl (C=O) groups excluding carboxylic acids is 3. The third-order valence-electron chi connectivity index (χ3n) is 5.32. The largest absolute Gasteiger partial charge is 0.464 e. The standard InChI is InChI=1S/C27H40N2O6/c1-3-5-7-13-24(20-22-11-8-6-9-12-22)27(33)35-18-15-29-26(32)23(10-4-2)21-25(31)28-14-17-34-19-16-30/h3-4,6,8-9,11-12,23-24,30H,1-2,5,7,10,13-21H2,(H,28,31)(H,29,32)/t23-,24-/m1/s1. The van der Waals surface area contributed by atoms with Gasteiger partial charge in [0.15, 0.2) is 0 Å². The van der Waals surface area contributed by atoms with Gasteiger partial charge in [0.25, 0.3) is 0 Å². The normalized spacial score (nSPS) is 12.3. The maximum absolute atomic E-state index is 12.7. The number of amides is 2. The number of benzene rings is 1. The molecule has 0 fully saturated rings. The van der Waals surface area contributed by atoms with Gasteiger partial charge in [0.05, 0.1) is 38.2 Å². The molecule has 0 aliphatic carbocycles. The quantitative estimate of drug-likeness (QED) is 0.148. The molecule has 0 heterocycles. The molecule has 0 saturated heterocycles. The molecule has 2 amide bonds. The number of hydrogen-bond acceptors (Lipinski definition) is 6. The van der Waals surface area contributed by atoms with Crippen molar-refractivity contribution in [1.82, 2.24) is 10.6 Å². The lowest BCUT2D eigenvalue weighted by Gasteiger charge is -2.17. The first kappa shape index (κ1) is 30.1. The van der Waals surface area contributed by atoms with Crippen LogP contribution in [0, 0.1) is 11.8 Å². The lowest BCUT2D eigenvalue weighted by Crippen LogP contribution is -2.37. The van der Waals surface area contributed by atoms with Crippen molar-refractivity contribution in [3.05, 3.63) is 61.2 Å². The Labute approximate surface area is 208 Å². The van der Waals surface area contributed by atoms with E-state index in [-0.39, 0.29) is 63.1 Å². The smallest absolute Gasteiger partial charge is 0.309 e. The zero-order chi connectivity index (χ0) is 25.7. The lowest BCUT2D eigenvalue weighted by molar-refractivity contribution is -0.149. The number of hydrogen-bond donors (Lipinski definition) is 3. The van der Waals surface area contributed by atoms with Crippen LogP contribution in [-0.4, -0.2) is 62.4 Å². The van der Waals surface area contributed by atoms with Crippen LogP contribution in [0.15, 0.2) is 55.6 Å². The van der Waals surface area contributed by atoms with E-state index in [2.05, 4.69) is 23.8 Å². The van der Waals surface area contributed by atoms with E-state index in [0.29, 0.717) is 25.8 Å². The molecule has 8 nitrogen and oxygen atoms in total. The SMILES string of the molecule is C=CCCC[C@H](Cc1ccccc1)C(=O)OCCNC(=O)[C@H](CC=C)CC(=O)NCCOCCO. The van der Waals surface area contributed by atoms with Crippen LogP contribution in [-0.2, 0) is 30.3 Å². The summed E-state index contributed by atoms with van der Waals surface area (Å²) in [5, 5.41) is 14.1. The van der Waals surface area contributed by atoms with Crippen molar-refractivity contribution in [2.24, 2.45) is 11.8 Å². The van der Waals surface area contributed by atoms with Crippen molar-refractivity contribution >= 4 is 17.8 Å². The van der Waals surface area contributed by atoms with E-state index in [1.165, 1.54) is 0 Å². The number of nitrogens with one attached hydrogen (secondary N) is 2. The van der Waals surface area contributed by atoms with Crippen LogP contribution in [0.5, 0.6) is 0 Å². The zero-order valence-electron chi connectivity index (χ0n) is 20.6. The van der Waals surface area contributed by atoms with Gasteiger partial charge in [0.2, 0.25) is 11.8 Å². The highest BCUT2D eigenvalue weighted by Gasteiger charge is 2.22. The van der Waals surface area contributed by atoms with Crippen molar-refractivity contribution in [2.45, 2.75) is 38.5 Å². The fourth-order valence-corrected chi connectivity index (χ4v) is 3.51. The number of allylic oxidation sites excluding steroid dienone is 2. The van der Waals surface area contributed by atoms with E-state index in [1.807, 2.05) is 36.4 Å². The van der Waals surface area contributed by atoms with Crippen LogP contribution in [0.25, 0.3) is 0 Å². The number of rotatable bonds is 20. The third kappa shape index (κ3) is 14.1. The predicted octanol–water partition coefficient (Wildman–Crippen LogP) is 2.57. The van der Waals surface area contributed by atoms with E-state index in [0.717, 1.165) is 18.4 Å². The van der Waals surface area contributed by atoms with E-state index in [9.17, 15) is 14.4 Å². The minimum absolute atomic E-state index is 0.0140. The molecule has 0 aliphatic rings. The number of unbranched alkanes of at least 4 members (excludes halogenated alkanes) is 1. The molecule has 0 aromatic heterocycles. The maximum atomic E-state index is 12.7. The van der Waals surface area contributed by atoms with Crippen molar-refractivity contribution in [3.8, 4) is 0 Å². The Balaban J connectivity index is 2.44. The molecule has 0 spiro atoms. The number of esters is 1. The van der Waals surface area contributed by atoms with Gasteiger partial charge in [-0.25, -0.2) is 0 Å². The van der Waals surface area contributed by atoms with Gasteiger partial charge < -0.3 is 25.2 Å². The summed E-state index contributed by atoms with van der Waals surface area (Å²) < 4.78 is 10.5. The highest BCUT2D eigenvalue weighted by molar-refractivity contribution is 5.85. The molecule has 0 unspecified atom stereocenters. The van der Waals surface area contributed by atoms with Crippen molar-refractivity contribution < 1.29 is 29.0 Å². The number of ether oxygens (including phenoxy) is 2. The van der Waals surface area contributed by atoms with Gasteiger partial charge in [0, 0.05) is 13.0 Å². The maximum Gasteiger partial charge on any atom is 0.309 e. The lowest BCUT2D eigenvalue weighted by atomic mass is 9.94. The Bertz CT molecular complexity index is 768. The summed E-state index contributed by atoms with van der Waals surface area (Å²) in [5.74, 6) is -1.66. The number of aliphatic hydroxyl groups is 1. The second-order valence-corrected chi connectivity index (χ2v) is 8.18. The topological polar surface area (TPSA) is 114 Å². The average Bonchev–Trinajstić information content (AvgIpc) is 2.86. The molecule has 0 saturated carbocycles. The van der Waals surface area contributed by atoms with Crippen LogP contribution in [0.3, 0.4) is 0 Å². The summed E-state index contributed by atoms with van der Waals surface area (Å²) in [6.45, 7) is 8.34. The first-order chi connectivity index (χ1) is 17.0. The summed E-state index contributed by atoms with van der Waals surface area (Å²) in [6.07, 6.45) is 6.79. The average molecular weight is 489 g/mol. The molecule has 35 heavy (non-hydrogen) atoms. The fraction of sp³-hybridized carbons (Fsp3) is 0.519. The molecule has 1 rings (SSSR count). The molecule has 3 N–H and O–H groups in total. The van der Waals surface area contributed by atoms with E-state index in [1.54, 1.807) is 6.08 Å². The second-order valence-electron chi connectivity index (χ2n) is 8.18. The highest BCUT2D eigenvalue weighted by atomic mass is 16.5. The minimum Gasteiger partial charge on any atom is -0.464 e. The molecule has 8 heteroatoms. The van der Waals surface area contributed by atoms with Crippen LogP contribution >= 0.6 is 0 Å². The molecule has 2 atom stereocenters. The van der Waals surface area contributed by atoms with E-state index < -0.39 is 5.92 Å². The Hall–Kier alpha value is -2.97. The van der Waals surface area contributed by atoms with Crippen molar-refractivity contribution in [1.29, 1.82) is 0 Å². The molecule has 194 valence electrons. The predicted molar refractivity (Wildman–Crippen MR) is 135 cm³/mol. The van der Waals surface area contributed by atoms with Crippen LogP contribution < -0.4 is 10.6 Å². The van der Waals surface area contributed by atoms with Crippen LogP contribution in [0.2, 0.25) is 0 Å². The van der Waals surface area contributed by atoms with Gasteiger partial charge in [-0.05, 0) is 37.7 Å². The van der Waals surface area contributed by atoms with E-state index in [4.69, 9.17) is 14.6 Å². The van der Waals surface area contributed by atoms with Gasteiger partial charge in [-0.2, -0.15) is 0 Å². The fourth-order valence-electron chi connectivity index (χ4n) is 3.51. The number of carbonyl (C=O) groups is 3.